The molecule has 0 aliphatic rings. The number of rotatable bonds is 5. The van der Waals surface area contributed by atoms with Crippen molar-refractivity contribution >= 4 is 44.9 Å². The fourth-order valence-electron chi connectivity index (χ4n) is 1.17. The van der Waals surface area contributed by atoms with Crippen LogP contribution in [0.25, 0.3) is 0 Å². The molecule has 0 aliphatic heterocycles. The summed E-state index contributed by atoms with van der Waals surface area (Å²) >= 11 is 4.42. The second-order valence-corrected chi connectivity index (χ2v) is 4.64. The lowest BCUT2D eigenvalue weighted by atomic mass is 10.3. The SMILES string of the molecule is C/C(=C\C(=O)OI)Oc1cc(F)c(OC(F)F)cc1Br. The Bertz CT molecular complexity index is 537. The molecule has 0 heterocycles. The van der Waals surface area contributed by atoms with Gasteiger partial charge in [-0.15, -0.1) is 0 Å². The van der Waals surface area contributed by atoms with Gasteiger partial charge in [-0.05, 0) is 22.9 Å². The van der Waals surface area contributed by atoms with E-state index >= 15 is 0 Å². The molecule has 0 spiro atoms. The fraction of sp³-hybridized carbons (Fsp3) is 0.182. The summed E-state index contributed by atoms with van der Waals surface area (Å²) in [5, 5.41) is 0. The minimum atomic E-state index is -3.14. The van der Waals surface area contributed by atoms with E-state index in [0.717, 1.165) is 18.2 Å². The first kappa shape index (κ1) is 17.1. The van der Waals surface area contributed by atoms with Crippen LogP contribution in [0.5, 0.6) is 11.5 Å². The van der Waals surface area contributed by atoms with Crippen molar-refractivity contribution in [2.45, 2.75) is 13.5 Å². The van der Waals surface area contributed by atoms with Gasteiger partial charge >= 0.3 is 12.6 Å². The minimum Gasteiger partial charge on any atom is -0.460 e. The maximum absolute atomic E-state index is 13.5. The second kappa shape index (κ2) is 7.72. The molecule has 1 rings (SSSR count). The highest BCUT2D eigenvalue weighted by Gasteiger charge is 2.15. The summed E-state index contributed by atoms with van der Waals surface area (Å²) in [6.45, 7) is -1.69. The second-order valence-electron chi connectivity index (χ2n) is 3.34. The molecule has 0 saturated carbocycles. The molecular formula is C11H7BrF3IO4. The van der Waals surface area contributed by atoms with Gasteiger partial charge in [0, 0.05) is 12.1 Å². The molecular weight excluding hydrogens is 460 g/mol. The lowest BCUT2D eigenvalue weighted by Crippen LogP contribution is -2.04. The van der Waals surface area contributed by atoms with Crippen LogP contribution in [0.4, 0.5) is 13.2 Å². The van der Waals surface area contributed by atoms with Crippen molar-refractivity contribution in [1.82, 2.24) is 0 Å². The smallest absolute Gasteiger partial charge is 0.387 e. The molecule has 0 bridgehead atoms. The van der Waals surface area contributed by atoms with Crippen molar-refractivity contribution in [3.05, 3.63) is 34.3 Å². The molecule has 0 radical (unpaired) electrons. The summed E-state index contributed by atoms with van der Waals surface area (Å²) in [4.78, 5) is 11.0. The molecule has 0 unspecified atom stereocenters. The number of carbonyl (C=O) groups is 1. The van der Waals surface area contributed by atoms with Gasteiger partial charge in [-0.1, -0.05) is 0 Å². The summed E-state index contributed by atoms with van der Waals surface area (Å²) in [6.07, 6.45) is 1.04. The van der Waals surface area contributed by atoms with E-state index in [2.05, 4.69) is 23.7 Å². The van der Waals surface area contributed by atoms with E-state index in [1.807, 2.05) is 0 Å². The summed E-state index contributed by atoms with van der Waals surface area (Å²) in [5.41, 5.74) is 0. The normalized spacial score (nSPS) is 11.4. The monoisotopic (exact) mass is 466 g/mol. The molecule has 0 saturated heterocycles. The van der Waals surface area contributed by atoms with Crippen LogP contribution in [0.3, 0.4) is 0 Å². The average Bonchev–Trinajstić information content (AvgIpc) is 2.34. The molecule has 1 aromatic carbocycles. The topological polar surface area (TPSA) is 44.8 Å². The fourth-order valence-corrected chi connectivity index (χ4v) is 1.70. The zero-order chi connectivity index (χ0) is 15.3. The number of allylic oxidation sites excluding steroid dienone is 1. The molecule has 0 fully saturated rings. The van der Waals surface area contributed by atoms with Crippen molar-refractivity contribution in [2.75, 3.05) is 0 Å². The van der Waals surface area contributed by atoms with Gasteiger partial charge in [-0.3, -0.25) is 0 Å². The van der Waals surface area contributed by atoms with Crippen LogP contribution in [0.1, 0.15) is 6.92 Å². The summed E-state index contributed by atoms with van der Waals surface area (Å²) < 4.78 is 51.3. The molecule has 0 amide bonds. The van der Waals surface area contributed by atoms with Gasteiger partial charge in [0.15, 0.2) is 34.6 Å². The highest BCUT2D eigenvalue weighted by atomic mass is 127. The number of alkyl halides is 2. The quantitative estimate of drug-likeness (QED) is 0.367. The van der Waals surface area contributed by atoms with Crippen LogP contribution >= 0.6 is 38.9 Å². The third-order valence-corrected chi connectivity index (χ3v) is 2.92. The van der Waals surface area contributed by atoms with E-state index in [-0.39, 0.29) is 16.0 Å². The molecule has 0 aliphatic carbocycles. The highest BCUT2D eigenvalue weighted by molar-refractivity contribution is 14.1. The number of hydrogen-bond acceptors (Lipinski definition) is 4. The Hall–Kier alpha value is -0.970. The standard InChI is InChI=1S/C11H7BrF3IO4/c1-5(2-10(17)20-16)18-8-4-7(13)9(3-6(8)12)19-11(14)15/h2-4,11H,1H3/b5-2+. The van der Waals surface area contributed by atoms with Gasteiger partial charge in [-0.25, -0.2) is 9.18 Å². The third-order valence-electron chi connectivity index (χ3n) is 1.87. The molecule has 4 nitrogen and oxygen atoms in total. The third kappa shape index (κ3) is 5.19. The minimum absolute atomic E-state index is 0.000811. The molecule has 0 atom stereocenters. The van der Waals surface area contributed by atoms with Crippen LogP contribution in [0, 0.1) is 5.82 Å². The average molecular weight is 467 g/mol. The maximum atomic E-state index is 13.5. The Morgan fingerprint density at radius 1 is 1.40 bits per heavy atom. The van der Waals surface area contributed by atoms with E-state index in [4.69, 9.17) is 4.74 Å². The van der Waals surface area contributed by atoms with Gasteiger partial charge in [0.25, 0.3) is 0 Å². The van der Waals surface area contributed by atoms with E-state index in [0.29, 0.717) is 0 Å². The predicted molar refractivity (Wildman–Crippen MR) is 75.2 cm³/mol. The van der Waals surface area contributed by atoms with Crippen molar-refractivity contribution < 1.29 is 30.5 Å². The lowest BCUT2D eigenvalue weighted by molar-refractivity contribution is -0.126. The van der Waals surface area contributed by atoms with Crippen LogP contribution in [-0.2, 0) is 7.86 Å². The van der Waals surface area contributed by atoms with Crippen molar-refractivity contribution in [3.63, 3.8) is 0 Å². The summed E-state index contributed by atoms with van der Waals surface area (Å²) in [6, 6.07) is 1.86. The van der Waals surface area contributed by atoms with Crippen LogP contribution in [0.2, 0.25) is 0 Å². The van der Waals surface area contributed by atoms with Crippen molar-refractivity contribution in [3.8, 4) is 11.5 Å². The molecule has 1 aromatic rings. The molecule has 110 valence electrons. The van der Waals surface area contributed by atoms with Gasteiger partial charge < -0.3 is 12.5 Å². The molecule has 20 heavy (non-hydrogen) atoms. The Kier molecular flexibility index (Phi) is 6.59. The number of halogens is 5. The Morgan fingerprint density at radius 3 is 2.60 bits per heavy atom. The predicted octanol–water partition coefficient (Wildman–Crippen LogP) is 4.37. The highest BCUT2D eigenvalue weighted by Crippen LogP contribution is 2.33. The number of benzene rings is 1. The first-order valence-electron chi connectivity index (χ1n) is 4.96. The Labute approximate surface area is 134 Å². The summed E-state index contributed by atoms with van der Waals surface area (Å²) in [5.74, 6) is -2.16. The van der Waals surface area contributed by atoms with E-state index in [1.54, 1.807) is 0 Å². The zero-order valence-electron chi connectivity index (χ0n) is 9.83. The van der Waals surface area contributed by atoms with Crippen LogP contribution in [-0.4, -0.2) is 12.6 Å². The number of ether oxygens (including phenoxy) is 2. The van der Waals surface area contributed by atoms with Crippen LogP contribution < -0.4 is 9.47 Å². The van der Waals surface area contributed by atoms with Crippen molar-refractivity contribution in [2.24, 2.45) is 0 Å². The van der Waals surface area contributed by atoms with Crippen LogP contribution in [0.15, 0.2) is 28.4 Å². The van der Waals surface area contributed by atoms with Gasteiger partial charge in [0.05, 0.1) is 10.5 Å². The van der Waals surface area contributed by atoms with Gasteiger partial charge in [0.2, 0.25) is 0 Å². The summed E-state index contributed by atoms with van der Waals surface area (Å²) in [7, 11) is 0. The largest absolute Gasteiger partial charge is 0.460 e. The van der Waals surface area contributed by atoms with Crippen molar-refractivity contribution in [1.29, 1.82) is 0 Å². The first-order chi connectivity index (χ1) is 9.33. The first-order valence-corrected chi connectivity index (χ1v) is 6.63. The molecule has 9 heteroatoms. The van der Waals surface area contributed by atoms with E-state index in [9.17, 15) is 18.0 Å². The lowest BCUT2D eigenvalue weighted by Gasteiger charge is -2.11. The molecule has 0 N–H and O–H groups in total. The number of carbonyl (C=O) groups excluding carboxylic acids is 1. The van der Waals surface area contributed by atoms with Gasteiger partial charge in [-0.2, -0.15) is 8.78 Å². The van der Waals surface area contributed by atoms with E-state index < -0.39 is 24.1 Å². The van der Waals surface area contributed by atoms with Gasteiger partial charge in [0.1, 0.15) is 11.5 Å². The maximum Gasteiger partial charge on any atom is 0.387 e. The Morgan fingerprint density at radius 2 is 2.05 bits per heavy atom. The number of hydrogen-bond donors (Lipinski definition) is 0. The Balaban J connectivity index is 2.95. The van der Waals surface area contributed by atoms with E-state index in [1.165, 1.54) is 29.9 Å². The molecule has 0 aromatic heterocycles. The zero-order valence-corrected chi connectivity index (χ0v) is 13.6.